The fourth-order valence-corrected chi connectivity index (χ4v) is 4.15. The average molecular weight is 354 g/mol. The number of halogens is 1. The molecule has 1 aromatic heterocycles. The molecule has 26 heavy (non-hydrogen) atoms. The van der Waals surface area contributed by atoms with E-state index in [0.717, 1.165) is 18.7 Å². The Balaban J connectivity index is 1.46. The van der Waals surface area contributed by atoms with Gasteiger partial charge >= 0.3 is 0 Å². The Morgan fingerprint density at radius 2 is 1.85 bits per heavy atom. The summed E-state index contributed by atoms with van der Waals surface area (Å²) in [5.74, 6) is 0.989. The van der Waals surface area contributed by atoms with Crippen molar-refractivity contribution in [2.24, 2.45) is 11.8 Å². The predicted octanol–water partition coefficient (Wildman–Crippen LogP) is 2.03. The number of carbonyl (C=O) groups excluding carboxylic acids is 1. The Morgan fingerprint density at radius 3 is 2.46 bits per heavy atom. The van der Waals surface area contributed by atoms with Crippen LogP contribution in [0.3, 0.4) is 0 Å². The van der Waals surface area contributed by atoms with E-state index in [1.807, 2.05) is 4.90 Å². The highest BCUT2D eigenvalue weighted by Gasteiger charge is 2.57. The van der Waals surface area contributed by atoms with Gasteiger partial charge in [0.15, 0.2) is 0 Å². The highest BCUT2D eigenvalue weighted by molar-refractivity contribution is 5.80. The number of likely N-dealkylation sites (tertiary alicyclic amines) is 1. The number of aromatic nitrogens is 1. The van der Waals surface area contributed by atoms with Crippen molar-refractivity contribution >= 4 is 11.6 Å². The van der Waals surface area contributed by atoms with E-state index in [-0.39, 0.29) is 18.1 Å². The number of amides is 1. The van der Waals surface area contributed by atoms with E-state index < -0.39 is 0 Å². The van der Waals surface area contributed by atoms with E-state index >= 15 is 0 Å². The van der Waals surface area contributed by atoms with Crippen molar-refractivity contribution in [1.82, 2.24) is 14.8 Å². The topological polar surface area (TPSA) is 62.5 Å². The lowest BCUT2D eigenvalue weighted by molar-refractivity contribution is -0.130. The number of benzene rings is 1. The zero-order chi connectivity index (χ0) is 18.4. The van der Waals surface area contributed by atoms with Gasteiger partial charge in [0.05, 0.1) is 23.5 Å². The molecule has 0 radical (unpaired) electrons. The number of hydrogen-bond acceptors (Lipinski definition) is 4. The molecule has 2 heterocycles. The summed E-state index contributed by atoms with van der Waals surface area (Å²) in [6.07, 6.45) is 0.201. The summed E-state index contributed by atoms with van der Waals surface area (Å²) >= 11 is 0. The first-order valence-electron chi connectivity index (χ1n) is 8.89. The molecule has 2 N–H and O–H groups in total. The number of pyridine rings is 1. The standard InChI is InChI=1S/C20H23FN4O/c1-24(2)20-14-10-25(11-15(14)20)19(26)9-18-16(22)7-8-17(23-18)12-3-5-13(21)6-4-12/h3-8,14-15,20H,9-11,22H2,1-2H3/t14-,15?,20?/m0/s1. The van der Waals surface area contributed by atoms with Crippen LogP contribution < -0.4 is 5.73 Å². The van der Waals surface area contributed by atoms with Crippen LogP contribution in [0.4, 0.5) is 10.1 Å². The minimum Gasteiger partial charge on any atom is -0.397 e. The van der Waals surface area contributed by atoms with Crippen LogP contribution in [0.15, 0.2) is 36.4 Å². The molecule has 0 bridgehead atoms. The van der Waals surface area contributed by atoms with Crippen molar-refractivity contribution in [1.29, 1.82) is 0 Å². The van der Waals surface area contributed by atoms with Crippen molar-refractivity contribution in [3.8, 4) is 11.3 Å². The maximum atomic E-state index is 13.1. The van der Waals surface area contributed by atoms with Crippen LogP contribution in [-0.4, -0.2) is 53.9 Å². The van der Waals surface area contributed by atoms with Gasteiger partial charge in [-0.2, -0.15) is 0 Å². The molecular formula is C20H23FN4O. The second-order valence-corrected chi connectivity index (χ2v) is 7.50. The summed E-state index contributed by atoms with van der Waals surface area (Å²) in [6.45, 7) is 1.65. The second-order valence-electron chi connectivity index (χ2n) is 7.50. The van der Waals surface area contributed by atoms with E-state index in [2.05, 4.69) is 24.0 Å². The predicted molar refractivity (Wildman–Crippen MR) is 98.8 cm³/mol. The van der Waals surface area contributed by atoms with Crippen LogP contribution in [0.5, 0.6) is 0 Å². The molecule has 3 atom stereocenters. The Kier molecular flexibility index (Phi) is 4.15. The molecule has 1 aliphatic heterocycles. The molecule has 1 aliphatic carbocycles. The van der Waals surface area contributed by atoms with Crippen LogP contribution in [0.2, 0.25) is 0 Å². The first kappa shape index (κ1) is 17.0. The third-order valence-corrected chi connectivity index (χ3v) is 5.57. The van der Waals surface area contributed by atoms with E-state index in [9.17, 15) is 9.18 Å². The quantitative estimate of drug-likeness (QED) is 0.913. The van der Waals surface area contributed by atoms with E-state index in [4.69, 9.17) is 5.73 Å². The number of anilines is 1. The Hall–Kier alpha value is -2.47. The van der Waals surface area contributed by atoms with Crippen LogP contribution in [0, 0.1) is 17.7 Å². The van der Waals surface area contributed by atoms with Crippen molar-refractivity contribution in [3.05, 3.63) is 47.9 Å². The van der Waals surface area contributed by atoms with Gasteiger partial charge in [-0.15, -0.1) is 0 Å². The summed E-state index contributed by atoms with van der Waals surface area (Å²) in [5, 5.41) is 0. The largest absolute Gasteiger partial charge is 0.397 e. The summed E-state index contributed by atoms with van der Waals surface area (Å²) < 4.78 is 13.1. The molecule has 1 aromatic carbocycles. The van der Waals surface area contributed by atoms with Crippen LogP contribution in [0.1, 0.15) is 5.69 Å². The van der Waals surface area contributed by atoms with Gasteiger partial charge in [0.2, 0.25) is 5.91 Å². The van der Waals surface area contributed by atoms with E-state index in [1.165, 1.54) is 12.1 Å². The number of carbonyl (C=O) groups is 1. The van der Waals surface area contributed by atoms with Gasteiger partial charge in [0.1, 0.15) is 5.82 Å². The lowest BCUT2D eigenvalue weighted by Crippen LogP contribution is -2.36. The lowest BCUT2D eigenvalue weighted by atomic mass is 10.1. The van der Waals surface area contributed by atoms with Gasteiger partial charge in [-0.3, -0.25) is 9.78 Å². The summed E-state index contributed by atoms with van der Waals surface area (Å²) in [4.78, 5) is 21.4. The van der Waals surface area contributed by atoms with E-state index in [1.54, 1.807) is 24.3 Å². The summed E-state index contributed by atoms with van der Waals surface area (Å²) in [7, 11) is 4.20. The Morgan fingerprint density at radius 1 is 1.19 bits per heavy atom. The fraction of sp³-hybridized carbons (Fsp3) is 0.400. The number of piperidine rings is 1. The van der Waals surface area contributed by atoms with E-state index in [0.29, 0.717) is 35.0 Å². The van der Waals surface area contributed by atoms with Crippen molar-refractivity contribution in [3.63, 3.8) is 0 Å². The van der Waals surface area contributed by atoms with Crippen LogP contribution >= 0.6 is 0 Å². The summed E-state index contributed by atoms with van der Waals surface area (Å²) in [6, 6.07) is 10.3. The molecule has 2 aliphatic rings. The highest BCUT2D eigenvalue weighted by atomic mass is 19.1. The van der Waals surface area contributed by atoms with Gasteiger partial charge in [-0.25, -0.2) is 4.39 Å². The zero-order valence-electron chi connectivity index (χ0n) is 15.0. The van der Waals surface area contributed by atoms with Gasteiger partial charge < -0.3 is 15.5 Å². The summed E-state index contributed by atoms with van der Waals surface area (Å²) in [5.41, 5.74) is 8.63. The smallest absolute Gasteiger partial charge is 0.228 e. The molecule has 2 unspecified atom stereocenters. The van der Waals surface area contributed by atoms with Gasteiger partial charge in [-0.1, -0.05) is 0 Å². The third-order valence-electron chi connectivity index (χ3n) is 5.57. The molecule has 4 rings (SSSR count). The number of nitrogens with zero attached hydrogens (tertiary/aromatic N) is 3. The SMILES string of the molecule is CN(C)C1C2CN(C(=O)Cc3nc(-c4ccc(F)cc4)ccc3N)C[C@@H]21. The molecule has 5 nitrogen and oxygen atoms in total. The minimum absolute atomic E-state index is 0.0742. The van der Waals surface area contributed by atoms with Crippen molar-refractivity contribution in [2.75, 3.05) is 32.9 Å². The molecule has 1 saturated carbocycles. The van der Waals surface area contributed by atoms with Gasteiger partial charge in [0, 0.05) is 24.7 Å². The number of nitrogens with two attached hydrogens (primary N) is 1. The number of fused-ring (bicyclic) bond motifs is 1. The normalized spacial score (nSPS) is 24.0. The minimum atomic E-state index is -0.289. The van der Waals surface area contributed by atoms with Crippen molar-refractivity contribution < 1.29 is 9.18 Å². The molecular weight excluding hydrogens is 331 g/mol. The maximum absolute atomic E-state index is 13.1. The molecule has 2 fully saturated rings. The molecule has 0 spiro atoms. The monoisotopic (exact) mass is 354 g/mol. The Bertz CT molecular complexity index is 824. The second kappa shape index (κ2) is 6.36. The number of hydrogen-bond donors (Lipinski definition) is 1. The molecule has 6 heteroatoms. The van der Waals surface area contributed by atoms with Gasteiger partial charge in [-0.05, 0) is 62.3 Å². The third kappa shape index (κ3) is 3.05. The molecule has 1 saturated heterocycles. The van der Waals surface area contributed by atoms with Crippen LogP contribution in [0.25, 0.3) is 11.3 Å². The van der Waals surface area contributed by atoms with Crippen LogP contribution in [-0.2, 0) is 11.2 Å². The highest BCUT2D eigenvalue weighted by Crippen LogP contribution is 2.48. The first-order valence-corrected chi connectivity index (χ1v) is 8.89. The fourth-order valence-electron chi connectivity index (χ4n) is 4.15. The molecule has 1 amide bonds. The van der Waals surface area contributed by atoms with Gasteiger partial charge in [0.25, 0.3) is 0 Å². The number of nitrogen functional groups attached to an aromatic ring is 1. The Labute approximate surface area is 152 Å². The lowest BCUT2D eigenvalue weighted by Gasteiger charge is -2.22. The average Bonchev–Trinajstić information content (AvgIpc) is 3.13. The number of rotatable bonds is 4. The zero-order valence-corrected chi connectivity index (χ0v) is 15.0. The molecule has 2 aromatic rings. The maximum Gasteiger partial charge on any atom is 0.228 e. The first-order chi connectivity index (χ1) is 12.4. The molecule has 136 valence electrons. The van der Waals surface area contributed by atoms with Crippen molar-refractivity contribution in [2.45, 2.75) is 12.5 Å².